The number of aryl methyl sites for hydroxylation is 1. The Morgan fingerprint density at radius 1 is 0.667 bits per heavy atom. The molecule has 0 aliphatic carbocycles. The Morgan fingerprint density at radius 3 is 1.79 bits per heavy atom. The number of nitrogens with zero attached hydrogens (tertiary/aromatic N) is 1. The van der Waals surface area contributed by atoms with E-state index in [1.165, 1.54) is 113 Å². The van der Waals surface area contributed by atoms with Crippen molar-refractivity contribution in [3.8, 4) is 0 Å². The highest BCUT2D eigenvalue weighted by Crippen LogP contribution is 2.43. The number of imidazole rings is 1. The summed E-state index contributed by atoms with van der Waals surface area (Å²) in [4.78, 5) is 3.73. The molecule has 0 spiro atoms. The van der Waals surface area contributed by atoms with Crippen molar-refractivity contribution < 1.29 is 4.57 Å². The topological polar surface area (TPSA) is 19.7 Å². The lowest BCUT2D eigenvalue weighted by atomic mass is 9.66. The van der Waals surface area contributed by atoms with Gasteiger partial charge in [0.25, 0.3) is 5.82 Å². The molecular weight excluding hydrogens is 472 g/mol. The summed E-state index contributed by atoms with van der Waals surface area (Å²) in [5, 5.41) is 0. The first-order valence-corrected chi connectivity index (χ1v) is 16.3. The summed E-state index contributed by atoms with van der Waals surface area (Å²) in [6.07, 6.45) is 26.0. The Morgan fingerprint density at radius 2 is 1.21 bits per heavy atom. The van der Waals surface area contributed by atoms with Crippen molar-refractivity contribution in [2.75, 3.05) is 0 Å². The molecule has 2 atom stereocenters. The van der Waals surface area contributed by atoms with Gasteiger partial charge in [-0.1, -0.05) is 158 Å². The smallest absolute Gasteiger partial charge is 0.247 e. The number of aromatic nitrogens is 2. The zero-order valence-corrected chi connectivity index (χ0v) is 25.5. The van der Waals surface area contributed by atoms with E-state index in [0.717, 1.165) is 13.0 Å². The lowest BCUT2D eigenvalue weighted by Crippen LogP contribution is -2.43. The maximum absolute atomic E-state index is 3.73. The summed E-state index contributed by atoms with van der Waals surface area (Å²) >= 11 is 0. The van der Waals surface area contributed by atoms with Gasteiger partial charge in [0.05, 0.1) is 12.5 Å². The zero-order valence-electron chi connectivity index (χ0n) is 25.5. The normalized spacial score (nSPS) is 13.8. The molecule has 2 aromatic carbocycles. The van der Waals surface area contributed by atoms with Crippen LogP contribution >= 0.6 is 0 Å². The third-order valence-electron chi connectivity index (χ3n) is 8.84. The number of benzene rings is 2. The summed E-state index contributed by atoms with van der Waals surface area (Å²) in [5.41, 5.74) is 2.88. The van der Waals surface area contributed by atoms with Gasteiger partial charge in [-0.3, -0.25) is 0 Å². The van der Waals surface area contributed by atoms with Crippen LogP contribution in [0.4, 0.5) is 0 Å². The predicted molar refractivity (Wildman–Crippen MR) is 168 cm³/mol. The molecule has 1 N–H and O–H groups in total. The number of aromatic amines is 1. The molecule has 0 fully saturated rings. The lowest BCUT2D eigenvalue weighted by Gasteiger charge is -2.37. The van der Waals surface area contributed by atoms with Gasteiger partial charge in [0.1, 0.15) is 12.4 Å². The Labute approximate surface area is 240 Å². The van der Waals surface area contributed by atoms with Crippen LogP contribution in [0, 0.1) is 0 Å². The second-order valence-corrected chi connectivity index (χ2v) is 12.1. The Balaban J connectivity index is 1.61. The average molecular weight is 530 g/mol. The molecule has 0 aliphatic rings. The molecule has 1 aromatic heterocycles. The molecule has 0 saturated carbocycles. The number of nitrogens with one attached hydrogen (secondary N) is 1. The molecule has 0 amide bonds. The molecule has 1 heterocycles. The molecular formula is C37H57N2+. The van der Waals surface area contributed by atoms with Gasteiger partial charge in [-0.2, -0.15) is 0 Å². The lowest BCUT2D eigenvalue weighted by molar-refractivity contribution is -0.705. The SMILES string of the molecule is CCCCCCCCCCCCCC[n+]1cc[nH]c1C(CCCC)C(C)(Cc1ccccc1)c1ccccc1. The van der Waals surface area contributed by atoms with Crippen LogP contribution in [0.5, 0.6) is 0 Å². The van der Waals surface area contributed by atoms with Crippen LogP contribution in [-0.2, 0) is 18.4 Å². The number of H-pyrrole nitrogens is 1. The van der Waals surface area contributed by atoms with Crippen LogP contribution in [0.3, 0.4) is 0 Å². The van der Waals surface area contributed by atoms with Gasteiger partial charge in [0.2, 0.25) is 0 Å². The fourth-order valence-electron chi connectivity index (χ4n) is 6.43. The van der Waals surface area contributed by atoms with Crippen LogP contribution < -0.4 is 4.57 Å². The van der Waals surface area contributed by atoms with Gasteiger partial charge in [-0.15, -0.1) is 0 Å². The van der Waals surface area contributed by atoms with E-state index in [1.807, 2.05) is 0 Å². The van der Waals surface area contributed by atoms with Gasteiger partial charge in [0, 0.05) is 5.41 Å². The molecule has 3 rings (SSSR count). The van der Waals surface area contributed by atoms with Crippen LogP contribution in [0.15, 0.2) is 73.1 Å². The van der Waals surface area contributed by atoms with Gasteiger partial charge >= 0.3 is 0 Å². The third kappa shape index (κ3) is 10.3. The minimum Gasteiger partial charge on any atom is -0.247 e. The van der Waals surface area contributed by atoms with E-state index in [0.29, 0.717) is 5.92 Å². The maximum Gasteiger partial charge on any atom is 0.258 e. The monoisotopic (exact) mass is 529 g/mol. The van der Waals surface area contributed by atoms with E-state index < -0.39 is 0 Å². The minimum atomic E-state index is 0.0148. The standard InChI is InChI=1S/C37H56N2/c1-4-6-8-9-10-11-12-13-14-15-16-23-30-39-31-29-38-36(39)35(28-7-5-2)37(3,34-26-21-18-22-27-34)32-33-24-19-17-20-25-33/h17-22,24-27,29,31,35H,4-16,23,28,30,32H2,1-3H3/p+1. The van der Waals surface area contributed by atoms with Crippen LogP contribution in [0.1, 0.15) is 140 Å². The van der Waals surface area contributed by atoms with Crippen molar-refractivity contribution in [2.24, 2.45) is 0 Å². The number of unbranched alkanes of at least 4 members (excludes halogenated alkanes) is 12. The van der Waals surface area contributed by atoms with Crippen molar-refractivity contribution in [1.29, 1.82) is 0 Å². The quantitative estimate of drug-likeness (QED) is 0.105. The Kier molecular flexibility index (Phi) is 14.5. The average Bonchev–Trinajstić information content (AvgIpc) is 3.43. The number of hydrogen-bond donors (Lipinski definition) is 1. The van der Waals surface area contributed by atoms with Gasteiger partial charge in [0.15, 0.2) is 0 Å². The highest BCUT2D eigenvalue weighted by atomic mass is 15.1. The molecule has 2 nitrogen and oxygen atoms in total. The van der Waals surface area contributed by atoms with E-state index in [1.54, 1.807) is 0 Å². The van der Waals surface area contributed by atoms with E-state index in [-0.39, 0.29) is 5.41 Å². The fourth-order valence-corrected chi connectivity index (χ4v) is 6.43. The summed E-state index contributed by atoms with van der Waals surface area (Å²) in [7, 11) is 0. The summed E-state index contributed by atoms with van der Waals surface area (Å²) in [6, 6.07) is 22.4. The molecule has 0 bridgehead atoms. The van der Waals surface area contributed by atoms with Gasteiger partial charge in [-0.05, 0) is 36.8 Å². The first kappa shape index (κ1) is 31.2. The van der Waals surface area contributed by atoms with Crippen LogP contribution in [0.2, 0.25) is 0 Å². The van der Waals surface area contributed by atoms with Crippen molar-refractivity contribution in [3.63, 3.8) is 0 Å². The second kappa shape index (κ2) is 18.1. The van der Waals surface area contributed by atoms with E-state index in [2.05, 4.69) is 103 Å². The molecule has 2 unspecified atom stereocenters. The van der Waals surface area contributed by atoms with Crippen molar-refractivity contribution in [3.05, 3.63) is 90.0 Å². The summed E-state index contributed by atoms with van der Waals surface area (Å²) in [6.45, 7) is 8.25. The highest BCUT2D eigenvalue weighted by molar-refractivity contribution is 5.32. The first-order chi connectivity index (χ1) is 19.2. The van der Waals surface area contributed by atoms with E-state index in [9.17, 15) is 0 Å². The van der Waals surface area contributed by atoms with Crippen molar-refractivity contribution >= 4 is 0 Å². The van der Waals surface area contributed by atoms with Crippen LogP contribution in [0.25, 0.3) is 0 Å². The molecule has 39 heavy (non-hydrogen) atoms. The zero-order chi connectivity index (χ0) is 27.6. The molecule has 214 valence electrons. The molecule has 0 saturated heterocycles. The largest absolute Gasteiger partial charge is 0.258 e. The molecule has 2 heteroatoms. The molecule has 3 aromatic rings. The predicted octanol–water partition coefficient (Wildman–Crippen LogP) is 10.5. The van der Waals surface area contributed by atoms with Gasteiger partial charge < -0.3 is 0 Å². The third-order valence-corrected chi connectivity index (χ3v) is 8.84. The van der Waals surface area contributed by atoms with E-state index >= 15 is 0 Å². The Hall–Kier alpha value is -2.35. The maximum atomic E-state index is 3.73. The molecule has 0 radical (unpaired) electrons. The Bertz CT molecular complexity index is 993. The summed E-state index contributed by atoms with van der Waals surface area (Å²) < 4.78 is 2.54. The van der Waals surface area contributed by atoms with Crippen LogP contribution in [-0.4, -0.2) is 4.98 Å². The summed E-state index contributed by atoms with van der Waals surface area (Å²) in [5.74, 6) is 1.85. The van der Waals surface area contributed by atoms with Crippen molar-refractivity contribution in [1.82, 2.24) is 4.98 Å². The fraction of sp³-hybridized carbons (Fsp3) is 0.595. The molecule has 0 aliphatic heterocycles. The number of rotatable bonds is 21. The van der Waals surface area contributed by atoms with E-state index in [4.69, 9.17) is 0 Å². The van der Waals surface area contributed by atoms with Gasteiger partial charge in [-0.25, -0.2) is 9.55 Å². The second-order valence-electron chi connectivity index (χ2n) is 12.1. The first-order valence-electron chi connectivity index (χ1n) is 16.3. The highest BCUT2D eigenvalue weighted by Gasteiger charge is 2.41. The number of hydrogen-bond acceptors (Lipinski definition) is 0. The minimum absolute atomic E-state index is 0.0148. The van der Waals surface area contributed by atoms with Crippen molar-refractivity contribution in [2.45, 2.75) is 141 Å².